The summed E-state index contributed by atoms with van der Waals surface area (Å²) in [5.74, 6) is 1.23. The predicted octanol–water partition coefficient (Wildman–Crippen LogP) is 4.27. The van der Waals surface area contributed by atoms with Crippen LogP contribution >= 0.6 is 11.8 Å². The minimum atomic E-state index is -0.234. The normalized spacial score (nSPS) is 15.3. The van der Waals surface area contributed by atoms with Crippen molar-refractivity contribution < 1.29 is 9.53 Å². The third-order valence-corrected chi connectivity index (χ3v) is 6.65. The number of carbonyl (C=O) groups is 1. The Balaban J connectivity index is 1.44. The van der Waals surface area contributed by atoms with E-state index in [-0.39, 0.29) is 29.3 Å². The number of nitrogens with zero attached hydrogens (tertiary/aromatic N) is 4. The molecule has 1 aliphatic heterocycles. The second kappa shape index (κ2) is 9.63. The van der Waals surface area contributed by atoms with Gasteiger partial charge in [0, 0.05) is 12.5 Å². The van der Waals surface area contributed by atoms with Crippen molar-refractivity contribution in [3.63, 3.8) is 0 Å². The molecule has 1 unspecified atom stereocenters. The van der Waals surface area contributed by atoms with Gasteiger partial charge in [-0.1, -0.05) is 60.3 Å². The number of ether oxygens (including phenoxy) is 1. The van der Waals surface area contributed by atoms with E-state index in [1.807, 2.05) is 36.4 Å². The summed E-state index contributed by atoms with van der Waals surface area (Å²) in [4.78, 5) is 21.6. The van der Waals surface area contributed by atoms with E-state index in [9.17, 15) is 4.79 Å². The van der Waals surface area contributed by atoms with E-state index in [1.54, 1.807) is 12.1 Å². The number of rotatable bonds is 6. The first kappa shape index (κ1) is 22.7. The van der Waals surface area contributed by atoms with Crippen molar-refractivity contribution >= 4 is 45.8 Å². The monoisotopic (exact) mass is 484 g/mol. The van der Waals surface area contributed by atoms with Gasteiger partial charge >= 0.3 is 0 Å². The van der Waals surface area contributed by atoms with E-state index in [4.69, 9.17) is 21.3 Å². The fourth-order valence-electron chi connectivity index (χ4n) is 4.09. The number of anilines is 2. The minimum Gasteiger partial charge on any atom is -0.497 e. The van der Waals surface area contributed by atoms with E-state index in [1.165, 1.54) is 17.8 Å². The zero-order chi connectivity index (χ0) is 24.4. The Labute approximate surface area is 207 Å². The number of amides is 1. The molecule has 5 rings (SSSR count). The Morgan fingerprint density at radius 1 is 1.00 bits per heavy atom. The van der Waals surface area contributed by atoms with Crippen LogP contribution in [-0.2, 0) is 4.79 Å². The summed E-state index contributed by atoms with van der Waals surface area (Å²) in [5.41, 5.74) is 14.4. The highest BCUT2D eigenvalue weighted by Crippen LogP contribution is 2.35. The second-order valence-electron chi connectivity index (χ2n) is 8.13. The quantitative estimate of drug-likeness (QED) is 0.310. The molecule has 0 aliphatic carbocycles. The average Bonchev–Trinajstić information content (AvgIpc) is 3.32. The van der Waals surface area contributed by atoms with Gasteiger partial charge in [-0.25, -0.2) is 15.0 Å². The Hall–Kier alpha value is -4.11. The van der Waals surface area contributed by atoms with E-state index in [0.29, 0.717) is 11.6 Å². The van der Waals surface area contributed by atoms with Gasteiger partial charge in [0.05, 0.1) is 24.6 Å². The first-order valence-corrected chi connectivity index (χ1v) is 12.0. The number of thioether (sulfide) groups is 1. The largest absolute Gasteiger partial charge is 0.497 e. The number of fused-ring (bicyclic) bond motifs is 1. The molecule has 1 atom stereocenters. The van der Waals surface area contributed by atoms with Gasteiger partial charge < -0.3 is 16.2 Å². The third kappa shape index (κ3) is 4.90. The summed E-state index contributed by atoms with van der Waals surface area (Å²) in [5, 5.41) is 8.99. The van der Waals surface area contributed by atoms with Crippen LogP contribution in [0.4, 0.5) is 11.6 Å². The molecule has 1 aliphatic rings. The average molecular weight is 485 g/mol. The SMILES string of the molecule is COc1ccc(C2CC(c3ccc4ccccc4c3)=NN2C(=O)CSc2nc(N)cc(N)n2)cc1. The summed E-state index contributed by atoms with van der Waals surface area (Å²) in [7, 11) is 1.63. The molecule has 4 aromatic rings. The topological polar surface area (TPSA) is 120 Å². The van der Waals surface area contributed by atoms with E-state index >= 15 is 0 Å². The van der Waals surface area contributed by atoms with Crippen molar-refractivity contribution in [2.75, 3.05) is 24.3 Å². The van der Waals surface area contributed by atoms with E-state index < -0.39 is 0 Å². The Bertz CT molecular complexity index is 1400. The van der Waals surface area contributed by atoms with Crippen LogP contribution in [0.25, 0.3) is 10.8 Å². The molecule has 4 N–H and O–H groups in total. The molecule has 35 heavy (non-hydrogen) atoms. The summed E-state index contributed by atoms with van der Waals surface area (Å²) >= 11 is 1.18. The lowest BCUT2D eigenvalue weighted by atomic mass is 9.97. The van der Waals surface area contributed by atoms with E-state index in [2.05, 4.69) is 40.3 Å². The smallest absolute Gasteiger partial charge is 0.253 e. The number of hydrogen-bond donors (Lipinski definition) is 2. The number of aromatic nitrogens is 2. The van der Waals surface area contributed by atoms with Gasteiger partial charge in [-0.2, -0.15) is 5.10 Å². The predicted molar refractivity (Wildman–Crippen MR) is 139 cm³/mol. The summed E-state index contributed by atoms with van der Waals surface area (Å²) in [6.07, 6.45) is 0.600. The molecule has 0 fully saturated rings. The van der Waals surface area contributed by atoms with Gasteiger partial charge in [-0.05, 0) is 40.1 Å². The van der Waals surface area contributed by atoms with E-state index in [0.717, 1.165) is 33.4 Å². The maximum Gasteiger partial charge on any atom is 0.253 e. The molecule has 9 heteroatoms. The van der Waals surface area contributed by atoms with Crippen LogP contribution in [0, 0.1) is 0 Å². The van der Waals surface area contributed by atoms with Crippen LogP contribution < -0.4 is 16.2 Å². The number of hydrogen-bond acceptors (Lipinski definition) is 8. The van der Waals surface area contributed by atoms with Crippen molar-refractivity contribution in [1.29, 1.82) is 0 Å². The van der Waals surface area contributed by atoms with Crippen LogP contribution in [0.3, 0.4) is 0 Å². The molecule has 0 saturated heterocycles. The molecule has 0 radical (unpaired) electrons. The number of hydrazone groups is 1. The van der Waals surface area contributed by atoms with Crippen LogP contribution in [0.15, 0.2) is 83.1 Å². The van der Waals surface area contributed by atoms with Crippen LogP contribution in [0.5, 0.6) is 5.75 Å². The molecular weight excluding hydrogens is 460 g/mol. The standard InChI is InChI=1S/C26H24N6O2S/c1-34-20-10-8-17(9-11-20)22-13-21(19-7-6-16-4-2-3-5-18(16)12-19)31-32(22)25(33)15-35-26-29-23(27)14-24(28)30-26/h2-12,14,22H,13,15H2,1H3,(H4,27,28,29,30). The summed E-state index contributed by atoms with van der Waals surface area (Å²) < 4.78 is 5.30. The number of methoxy groups -OCH3 is 1. The van der Waals surface area contributed by atoms with Crippen molar-refractivity contribution in [3.8, 4) is 5.75 Å². The molecule has 2 heterocycles. The first-order chi connectivity index (χ1) is 17.0. The highest BCUT2D eigenvalue weighted by atomic mass is 32.2. The fourth-order valence-corrected chi connectivity index (χ4v) is 4.81. The molecule has 1 amide bonds. The molecule has 0 spiro atoms. The maximum atomic E-state index is 13.3. The lowest BCUT2D eigenvalue weighted by molar-refractivity contribution is -0.130. The molecule has 0 saturated carbocycles. The number of nitrogen functional groups attached to an aromatic ring is 2. The van der Waals surface area contributed by atoms with Crippen molar-refractivity contribution in [2.45, 2.75) is 17.6 Å². The lowest BCUT2D eigenvalue weighted by Crippen LogP contribution is -2.28. The zero-order valence-corrected chi connectivity index (χ0v) is 19.9. The van der Waals surface area contributed by atoms with Gasteiger partial charge in [-0.3, -0.25) is 4.79 Å². The number of nitrogens with two attached hydrogens (primary N) is 2. The zero-order valence-electron chi connectivity index (χ0n) is 19.1. The highest BCUT2D eigenvalue weighted by molar-refractivity contribution is 7.99. The molecule has 8 nitrogen and oxygen atoms in total. The van der Waals surface area contributed by atoms with Gasteiger partial charge in [0.25, 0.3) is 5.91 Å². The fraction of sp³-hybridized carbons (Fsp3) is 0.154. The molecule has 0 bridgehead atoms. The van der Waals surface area contributed by atoms with Crippen LogP contribution in [0.1, 0.15) is 23.6 Å². The lowest BCUT2D eigenvalue weighted by Gasteiger charge is -2.22. The molecule has 3 aromatic carbocycles. The number of carbonyl (C=O) groups excluding carboxylic acids is 1. The van der Waals surface area contributed by atoms with Gasteiger partial charge in [-0.15, -0.1) is 0 Å². The number of benzene rings is 3. The van der Waals surface area contributed by atoms with Gasteiger partial charge in [0.2, 0.25) is 0 Å². The second-order valence-corrected chi connectivity index (χ2v) is 9.07. The minimum absolute atomic E-state index is 0.101. The van der Waals surface area contributed by atoms with Gasteiger partial charge in [0.1, 0.15) is 17.4 Å². The Morgan fingerprint density at radius 3 is 2.43 bits per heavy atom. The maximum absolute atomic E-state index is 13.3. The van der Waals surface area contributed by atoms with Crippen molar-refractivity contribution in [3.05, 3.63) is 83.9 Å². The Kier molecular flexibility index (Phi) is 6.24. The van der Waals surface area contributed by atoms with Crippen LogP contribution in [0.2, 0.25) is 0 Å². The summed E-state index contributed by atoms with van der Waals surface area (Å²) in [6.45, 7) is 0. The third-order valence-electron chi connectivity index (χ3n) is 5.82. The van der Waals surface area contributed by atoms with Crippen LogP contribution in [-0.4, -0.2) is 39.5 Å². The summed E-state index contributed by atoms with van der Waals surface area (Å²) in [6, 6.07) is 23.4. The Morgan fingerprint density at radius 2 is 1.71 bits per heavy atom. The molecular formula is C26H24N6O2S. The van der Waals surface area contributed by atoms with Crippen molar-refractivity contribution in [2.24, 2.45) is 5.10 Å². The first-order valence-electron chi connectivity index (χ1n) is 11.1. The van der Waals surface area contributed by atoms with Gasteiger partial charge in [0.15, 0.2) is 5.16 Å². The van der Waals surface area contributed by atoms with Crippen molar-refractivity contribution in [1.82, 2.24) is 15.0 Å². The molecule has 176 valence electrons. The highest BCUT2D eigenvalue weighted by Gasteiger charge is 2.33. The molecule has 1 aromatic heterocycles.